The average Bonchev–Trinajstić information content (AvgIpc) is 2.94. The molecule has 1 aliphatic rings. The molecule has 0 bridgehead atoms. The van der Waals surface area contributed by atoms with Crippen molar-refractivity contribution in [1.29, 1.82) is 0 Å². The number of benzene rings is 2. The summed E-state index contributed by atoms with van der Waals surface area (Å²) in [5.41, 5.74) is 1.61. The predicted octanol–water partition coefficient (Wildman–Crippen LogP) is 5.36. The number of aryl methyl sites for hydroxylation is 1. The van der Waals surface area contributed by atoms with Crippen LogP contribution in [0.4, 0.5) is 4.39 Å². The topological polar surface area (TPSA) is 76.8 Å². The highest BCUT2D eigenvalue weighted by Gasteiger charge is 2.34. The van der Waals surface area contributed by atoms with Gasteiger partial charge in [-0.05, 0) is 62.6 Å². The van der Waals surface area contributed by atoms with Crippen molar-refractivity contribution < 1.29 is 26.8 Å². The molecular weight excluding hydrogens is 433 g/mol. The first kappa shape index (κ1) is 22.5. The molecule has 1 saturated heterocycles. The fourth-order valence-corrected chi connectivity index (χ4v) is 6.01. The summed E-state index contributed by atoms with van der Waals surface area (Å²) in [6, 6.07) is 10.3. The summed E-state index contributed by atoms with van der Waals surface area (Å²) in [7, 11) is -3.87. The Morgan fingerprint density at radius 1 is 1.19 bits per heavy atom. The van der Waals surface area contributed by atoms with E-state index < -0.39 is 22.0 Å². The third kappa shape index (κ3) is 4.17. The molecule has 0 saturated carbocycles. The first-order chi connectivity index (χ1) is 15.3. The summed E-state index contributed by atoms with van der Waals surface area (Å²) in [4.78, 5) is 12.3. The lowest BCUT2D eigenvalue weighted by molar-refractivity contribution is 0.0491. The largest absolute Gasteiger partial charge is 0.460 e. The van der Waals surface area contributed by atoms with Crippen molar-refractivity contribution in [3.63, 3.8) is 0 Å². The molecule has 0 radical (unpaired) electrons. The maximum Gasteiger partial charge on any atom is 0.374 e. The van der Waals surface area contributed by atoms with Gasteiger partial charge in [0.1, 0.15) is 11.4 Å². The molecule has 8 heteroatoms. The number of fused-ring (bicyclic) bond motifs is 1. The van der Waals surface area contributed by atoms with E-state index in [1.807, 2.05) is 0 Å². The van der Waals surface area contributed by atoms with Crippen molar-refractivity contribution >= 4 is 27.0 Å². The van der Waals surface area contributed by atoms with Gasteiger partial charge in [-0.15, -0.1) is 0 Å². The number of rotatable bonds is 5. The summed E-state index contributed by atoms with van der Waals surface area (Å²) in [5.74, 6) is -0.890. The number of hydrogen-bond donors (Lipinski definition) is 0. The molecule has 0 unspecified atom stereocenters. The lowest BCUT2D eigenvalue weighted by Crippen LogP contribution is -2.34. The summed E-state index contributed by atoms with van der Waals surface area (Å²) in [6.07, 6.45) is 3.16. The zero-order chi connectivity index (χ0) is 22.9. The Labute approximate surface area is 187 Å². The van der Waals surface area contributed by atoms with Crippen LogP contribution in [0.15, 0.2) is 51.8 Å². The standard InChI is InChI=1S/C24H26FNO5S/c1-3-30-24(27)23-16(2)20-15-19(11-12-22(20)31-23)32(28,29)26-13-6-4-5-10-21(26)17-8-7-9-18(25)14-17/h7-9,11-12,14-15,21H,3-6,10,13H2,1-2H3/t21-/m0/s1. The van der Waals surface area contributed by atoms with Crippen LogP contribution in [0.25, 0.3) is 11.0 Å². The zero-order valence-electron chi connectivity index (χ0n) is 18.1. The van der Waals surface area contributed by atoms with E-state index in [0.717, 1.165) is 19.3 Å². The number of nitrogens with zero attached hydrogens (tertiary/aromatic N) is 1. The number of furan rings is 1. The van der Waals surface area contributed by atoms with Crippen molar-refractivity contribution in [2.75, 3.05) is 13.2 Å². The lowest BCUT2D eigenvalue weighted by atomic mass is 10.0. The Kier molecular flexibility index (Phi) is 6.35. The Hall–Kier alpha value is -2.71. The number of carbonyl (C=O) groups excluding carboxylic acids is 1. The highest BCUT2D eigenvalue weighted by atomic mass is 32.2. The Morgan fingerprint density at radius 2 is 2.00 bits per heavy atom. The summed E-state index contributed by atoms with van der Waals surface area (Å²) < 4.78 is 53.5. The van der Waals surface area contributed by atoms with Crippen molar-refractivity contribution in [1.82, 2.24) is 4.31 Å². The number of esters is 1. The van der Waals surface area contributed by atoms with Crippen LogP contribution in [0.1, 0.15) is 60.3 Å². The van der Waals surface area contributed by atoms with E-state index in [4.69, 9.17) is 9.15 Å². The quantitative estimate of drug-likeness (QED) is 0.480. The van der Waals surface area contributed by atoms with Gasteiger partial charge in [0.15, 0.2) is 0 Å². The van der Waals surface area contributed by atoms with Crippen LogP contribution in [-0.4, -0.2) is 31.8 Å². The molecular formula is C24H26FNO5S. The van der Waals surface area contributed by atoms with Crippen LogP contribution in [-0.2, 0) is 14.8 Å². The van der Waals surface area contributed by atoms with E-state index in [1.165, 1.54) is 22.5 Å². The van der Waals surface area contributed by atoms with Gasteiger partial charge in [0, 0.05) is 17.5 Å². The van der Waals surface area contributed by atoms with Gasteiger partial charge < -0.3 is 9.15 Å². The molecule has 1 aromatic heterocycles. The molecule has 2 aromatic carbocycles. The highest BCUT2D eigenvalue weighted by Crippen LogP contribution is 2.36. The fourth-order valence-electron chi connectivity index (χ4n) is 4.30. The molecule has 3 aromatic rings. The first-order valence-electron chi connectivity index (χ1n) is 10.8. The fraction of sp³-hybridized carbons (Fsp3) is 0.375. The van der Waals surface area contributed by atoms with E-state index in [0.29, 0.717) is 35.1 Å². The first-order valence-corrected chi connectivity index (χ1v) is 12.2. The molecule has 0 aliphatic carbocycles. The SMILES string of the molecule is CCOC(=O)c1oc2ccc(S(=O)(=O)N3CCCCC[C@H]3c3cccc(F)c3)cc2c1C. The molecule has 2 heterocycles. The summed E-state index contributed by atoms with van der Waals surface area (Å²) in [5, 5.41) is 0.547. The van der Waals surface area contributed by atoms with Gasteiger partial charge in [-0.3, -0.25) is 0 Å². The Morgan fingerprint density at radius 3 is 2.75 bits per heavy atom. The second-order valence-corrected chi connectivity index (χ2v) is 9.86. The minimum atomic E-state index is -3.87. The molecule has 6 nitrogen and oxygen atoms in total. The van der Waals surface area contributed by atoms with E-state index in [1.54, 1.807) is 38.1 Å². The minimum Gasteiger partial charge on any atom is -0.460 e. The molecule has 1 atom stereocenters. The van der Waals surface area contributed by atoms with Crippen molar-refractivity contribution in [2.24, 2.45) is 0 Å². The van der Waals surface area contributed by atoms with E-state index in [2.05, 4.69) is 0 Å². The molecule has 4 rings (SSSR count). The predicted molar refractivity (Wildman–Crippen MR) is 118 cm³/mol. The second kappa shape index (κ2) is 9.03. The minimum absolute atomic E-state index is 0.0730. The Bertz CT molecular complexity index is 1250. The third-order valence-electron chi connectivity index (χ3n) is 5.91. The average molecular weight is 460 g/mol. The van der Waals surface area contributed by atoms with Crippen LogP contribution in [0.3, 0.4) is 0 Å². The van der Waals surface area contributed by atoms with Crippen molar-refractivity contribution in [3.8, 4) is 0 Å². The highest BCUT2D eigenvalue weighted by molar-refractivity contribution is 7.89. The lowest BCUT2D eigenvalue weighted by Gasteiger charge is -2.29. The molecule has 0 N–H and O–H groups in total. The van der Waals surface area contributed by atoms with Gasteiger partial charge >= 0.3 is 5.97 Å². The number of sulfonamides is 1. The smallest absolute Gasteiger partial charge is 0.374 e. The number of ether oxygens (including phenoxy) is 1. The van der Waals surface area contributed by atoms with Gasteiger partial charge in [-0.1, -0.05) is 25.0 Å². The van der Waals surface area contributed by atoms with Crippen LogP contribution in [0.5, 0.6) is 0 Å². The molecule has 1 fully saturated rings. The van der Waals surface area contributed by atoms with E-state index in [9.17, 15) is 17.6 Å². The van der Waals surface area contributed by atoms with Crippen LogP contribution >= 0.6 is 0 Å². The van der Waals surface area contributed by atoms with Gasteiger partial charge in [0.25, 0.3) is 0 Å². The molecule has 0 amide bonds. The summed E-state index contributed by atoms with van der Waals surface area (Å²) >= 11 is 0. The summed E-state index contributed by atoms with van der Waals surface area (Å²) in [6.45, 7) is 3.98. The molecule has 32 heavy (non-hydrogen) atoms. The normalized spacial score (nSPS) is 17.9. The molecule has 0 spiro atoms. The van der Waals surface area contributed by atoms with Gasteiger partial charge in [-0.25, -0.2) is 17.6 Å². The van der Waals surface area contributed by atoms with Gasteiger partial charge in [0.2, 0.25) is 15.8 Å². The van der Waals surface area contributed by atoms with Gasteiger partial charge in [-0.2, -0.15) is 4.31 Å². The monoisotopic (exact) mass is 459 g/mol. The molecule has 170 valence electrons. The molecule has 1 aliphatic heterocycles. The van der Waals surface area contributed by atoms with E-state index >= 15 is 0 Å². The number of carbonyl (C=O) groups is 1. The zero-order valence-corrected chi connectivity index (χ0v) is 19.0. The van der Waals surface area contributed by atoms with Crippen LogP contribution < -0.4 is 0 Å². The second-order valence-electron chi connectivity index (χ2n) is 7.97. The van der Waals surface area contributed by atoms with Gasteiger partial charge in [0.05, 0.1) is 17.5 Å². The van der Waals surface area contributed by atoms with Crippen LogP contribution in [0.2, 0.25) is 0 Å². The third-order valence-corrected chi connectivity index (χ3v) is 7.82. The number of halogens is 1. The van der Waals surface area contributed by atoms with Crippen LogP contribution in [0, 0.1) is 12.7 Å². The Balaban J connectivity index is 1.76. The maximum absolute atomic E-state index is 13.9. The number of hydrogen-bond acceptors (Lipinski definition) is 5. The van der Waals surface area contributed by atoms with Crippen molar-refractivity contribution in [3.05, 3.63) is 65.2 Å². The van der Waals surface area contributed by atoms with E-state index in [-0.39, 0.29) is 23.1 Å². The van der Waals surface area contributed by atoms with Crippen molar-refractivity contribution in [2.45, 2.75) is 50.5 Å². The maximum atomic E-state index is 13.9.